The lowest BCUT2D eigenvalue weighted by atomic mass is 9.92. The van der Waals surface area contributed by atoms with Gasteiger partial charge < -0.3 is 24.6 Å². The number of likely N-dealkylation sites (tertiary alicyclic amines) is 1. The van der Waals surface area contributed by atoms with Gasteiger partial charge in [0.1, 0.15) is 5.60 Å². The molecular weight excluding hydrogens is 346 g/mol. The second kappa shape index (κ2) is 7.37. The van der Waals surface area contributed by atoms with Crippen LogP contribution < -0.4 is 0 Å². The number of aromatic amines is 1. The first-order chi connectivity index (χ1) is 13.0. The Hall–Kier alpha value is -1.70. The molecule has 0 spiro atoms. The fraction of sp³-hybridized carbons (Fsp3) is 0.700. The van der Waals surface area contributed by atoms with E-state index in [0.29, 0.717) is 37.2 Å². The number of nitrogens with zero attached hydrogens (tertiary/aromatic N) is 2. The summed E-state index contributed by atoms with van der Waals surface area (Å²) in [7, 11) is 0. The number of carbonyl (C=O) groups is 2. The van der Waals surface area contributed by atoms with Crippen molar-refractivity contribution >= 4 is 11.7 Å². The number of aromatic nitrogens is 1. The lowest BCUT2D eigenvalue weighted by Gasteiger charge is -2.34. The molecule has 1 amide bonds. The summed E-state index contributed by atoms with van der Waals surface area (Å²) in [5, 5.41) is 11.2. The topological polar surface area (TPSA) is 85.9 Å². The highest BCUT2D eigenvalue weighted by Gasteiger charge is 2.38. The van der Waals surface area contributed by atoms with Crippen LogP contribution in [-0.2, 0) is 11.2 Å². The predicted molar refractivity (Wildman–Crippen MR) is 100 cm³/mol. The molecule has 0 saturated carbocycles. The van der Waals surface area contributed by atoms with Crippen molar-refractivity contribution in [2.45, 2.75) is 44.6 Å². The molecule has 7 heteroatoms. The molecule has 0 radical (unpaired) electrons. The van der Waals surface area contributed by atoms with Crippen LogP contribution in [0.4, 0.5) is 0 Å². The summed E-state index contributed by atoms with van der Waals surface area (Å²) in [5.41, 5.74) is 1.60. The molecule has 3 aliphatic rings. The monoisotopic (exact) mass is 375 g/mol. The number of rotatable bonds is 3. The number of H-pyrrole nitrogens is 1. The molecule has 1 aromatic rings. The van der Waals surface area contributed by atoms with E-state index in [1.807, 2.05) is 6.92 Å². The van der Waals surface area contributed by atoms with E-state index in [1.54, 1.807) is 4.90 Å². The highest BCUT2D eigenvalue weighted by Crippen LogP contribution is 2.29. The van der Waals surface area contributed by atoms with Crippen molar-refractivity contribution < 1.29 is 19.4 Å². The van der Waals surface area contributed by atoms with Gasteiger partial charge in [0.05, 0.1) is 30.9 Å². The van der Waals surface area contributed by atoms with Gasteiger partial charge in [0.2, 0.25) is 0 Å². The Labute approximate surface area is 159 Å². The molecule has 2 saturated heterocycles. The Morgan fingerprint density at radius 1 is 1.22 bits per heavy atom. The lowest BCUT2D eigenvalue weighted by molar-refractivity contribution is -0.0524. The van der Waals surface area contributed by atoms with E-state index >= 15 is 0 Å². The van der Waals surface area contributed by atoms with Crippen molar-refractivity contribution in [3.63, 3.8) is 0 Å². The van der Waals surface area contributed by atoms with Crippen LogP contribution in [0.2, 0.25) is 0 Å². The molecule has 1 atom stereocenters. The molecule has 2 aliphatic heterocycles. The SMILES string of the molecule is Cc1[nH]c2c(c1C(=O)N1CCOC[C@@](O)(CN3CCCC3)C1)C(=O)CCC2. The summed E-state index contributed by atoms with van der Waals surface area (Å²) < 4.78 is 5.64. The van der Waals surface area contributed by atoms with Gasteiger partial charge in [-0.1, -0.05) is 0 Å². The zero-order valence-electron chi connectivity index (χ0n) is 16.1. The number of ketones is 1. The van der Waals surface area contributed by atoms with Crippen molar-refractivity contribution in [2.75, 3.05) is 45.9 Å². The van der Waals surface area contributed by atoms with Crippen LogP contribution in [-0.4, -0.2) is 83.1 Å². The molecule has 1 aliphatic carbocycles. The van der Waals surface area contributed by atoms with Gasteiger partial charge in [-0.25, -0.2) is 0 Å². The number of amides is 1. The standard InChI is InChI=1S/C20H29N3O4/c1-14-17(18-15(21-14)5-4-6-16(18)24)19(25)23-9-10-27-13-20(26,12-23)11-22-7-2-3-8-22/h21,26H,2-13H2,1H3/t20-/m1/s1. The molecule has 27 heavy (non-hydrogen) atoms. The number of nitrogens with one attached hydrogen (secondary N) is 1. The number of ether oxygens (including phenoxy) is 1. The summed E-state index contributed by atoms with van der Waals surface area (Å²) in [6, 6.07) is 0. The average molecular weight is 375 g/mol. The summed E-state index contributed by atoms with van der Waals surface area (Å²) in [5.74, 6) is -0.132. The van der Waals surface area contributed by atoms with Crippen LogP contribution in [0.3, 0.4) is 0 Å². The van der Waals surface area contributed by atoms with Gasteiger partial charge in [-0.05, 0) is 45.7 Å². The molecular formula is C20H29N3O4. The number of carbonyl (C=O) groups excluding carboxylic acids is 2. The molecule has 148 valence electrons. The number of hydrogen-bond donors (Lipinski definition) is 2. The first-order valence-electron chi connectivity index (χ1n) is 10.0. The van der Waals surface area contributed by atoms with E-state index in [4.69, 9.17) is 4.74 Å². The van der Waals surface area contributed by atoms with E-state index in [1.165, 1.54) is 0 Å². The molecule has 4 rings (SSSR count). The Balaban J connectivity index is 1.57. The van der Waals surface area contributed by atoms with Crippen LogP contribution >= 0.6 is 0 Å². The lowest BCUT2D eigenvalue weighted by Crippen LogP contribution is -2.53. The number of Topliss-reactive ketones (excluding diaryl/α,β-unsaturated/α-hetero) is 1. The van der Waals surface area contributed by atoms with Gasteiger partial charge in [0.15, 0.2) is 5.78 Å². The first-order valence-corrected chi connectivity index (χ1v) is 10.0. The van der Waals surface area contributed by atoms with E-state index in [0.717, 1.165) is 50.2 Å². The zero-order chi connectivity index (χ0) is 19.0. The minimum absolute atomic E-state index is 0.0438. The number of fused-ring (bicyclic) bond motifs is 1. The smallest absolute Gasteiger partial charge is 0.256 e. The summed E-state index contributed by atoms with van der Waals surface area (Å²) in [6.45, 7) is 5.61. The van der Waals surface area contributed by atoms with Crippen molar-refractivity contribution in [1.29, 1.82) is 0 Å². The van der Waals surface area contributed by atoms with Crippen molar-refractivity contribution in [3.05, 3.63) is 22.5 Å². The maximum Gasteiger partial charge on any atom is 0.256 e. The third-order valence-electron chi connectivity index (χ3n) is 5.95. The minimum atomic E-state index is -1.08. The fourth-order valence-electron chi connectivity index (χ4n) is 4.70. The second-order valence-corrected chi connectivity index (χ2v) is 8.24. The summed E-state index contributed by atoms with van der Waals surface area (Å²) >= 11 is 0. The first kappa shape index (κ1) is 18.7. The van der Waals surface area contributed by atoms with Crippen LogP contribution in [0.5, 0.6) is 0 Å². The third kappa shape index (κ3) is 3.68. The minimum Gasteiger partial charge on any atom is -0.384 e. The quantitative estimate of drug-likeness (QED) is 0.828. The zero-order valence-corrected chi connectivity index (χ0v) is 16.1. The Morgan fingerprint density at radius 3 is 2.78 bits per heavy atom. The largest absolute Gasteiger partial charge is 0.384 e. The molecule has 2 fully saturated rings. The molecule has 0 unspecified atom stereocenters. The fourth-order valence-corrected chi connectivity index (χ4v) is 4.70. The third-order valence-corrected chi connectivity index (χ3v) is 5.95. The summed E-state index contributed by atoms with van der Waals surface area (Å²) in [6.07, 6.45) is 4.42. The van der Waals surface area contributed by atoms with Gasteiger partial charge in [-0.2, -0.15) is 0 Å². The van der Waals surface area contributed by atoms with Crippen LogP contribution in [0.25, 0.3) is 0 Å². The van der Waals surface area contributed by atoms with Gasteiger partial charge >= 0.3 is 0 Å². The molecule has 2 N–H and O–H groups in total. The Kier molecular flexibility index (Phi) is 5.09. The maximum atomic E-state index is 13.4. The number of hydrogen-bond acceptors (Lipinski definition) is 5. The molecule has 0 bridgehead atoms. The van der Waals surface area contributed by atoms with E-state index in [9.17, 15) is 14.7 Å². The Morgan fingerprint density at radius 2 is 2.00 bits per heavy atom. The van der Waals surface area contributed by atoms with E-state index in [2.05, 4.69) is 9.88 Å². The average Bonchev–Trinajstić information content (AvgIpc) is 3.19. The van der Waals surface area contributed by atoms with Crippen LogP contribution in [0, 0.1) is 6.92 Å². The predicted octanol–water partition coefficient (Wildman–Crippen LogP) is 1.14. The second-order valence-electron chi connectivity index (χ2n) is 8.24. The molecule has 7 nitrogen and oxygen atoms in total. The van der Waals surface area contributed by atoms with Crippen molar-refractivity contribution in [2.24, 2.45) is 0 Å². The van der Waals surface area contributed by atoms with Gasteiger partial charge in [-0.15, -0.1) is 0 Å². The molecule has 3 heterocycles. The van der Waals surface area contributed by atoms with Crippen LogP contribution in [0.15, 0.2) is 0 Å². The number of aryl methyl sites for hydroxylation is 2. The van der Waals surface area contributed by atoms with E-state index < -0.39 is 5.60 Å². The number of β-amino-alcohol motifs (C(OH)–C–C–N with tert-alkyl or cyclic N) is 1. The van der Waals surface area contributed by atoms with Crippen molar-refractivity contribution in [3.8, 4) is 0 Å². The highest BCUT2D eigenvalue weighted by molar-refractivity contribution is 6.10. The molecule has 1 aromatic heterocycles. The summed E-state index contributed by atoms with van der Waals surface area (Å²) in [4.78, 5) is 33.0. The number of aliphatic hydroxyl groups is 1. The Bertz CT molecular complexity index is 738. The molecule has 0 aromatic carbocycles. The van der Waals surface area contributed by atoms with Gasteiger partial charge in [0.25, 0.3) is 5.91 Å². The normalized spacial score (nSPS) is 26.9. The maximum absolute atomic E-state index is 13.4. The van der Waals surface area contributed by atoms with Gasteiger partial charge in [0, 0.05) is 30.9 Å². The van der Waals surface area contributed by atoms with Gasteiger partial charge in [-0.3, -0.25) is 9.59 Å². The van der Waals surface area contributed by atoms with E-state index in [-0.39, 0.29) is 24.8 Å². The van der Waals surface area contributed by atoms with Crippen LogP contribution in [0.1, 0.15) is 57.8 Å². The van der Waals surface area contributed by atoms with Crippen molar-refractivity contribution in [1.82, 2.24) is 14.8 Å². The highest BCUT2D eigenvalue weighted by atomic mass is 16.5.